The van der Waals surface area contributed by atoms with E-state index in [0.717, 1.165) is 36.6 Å². The molecule has 24 heavy (non-hydrogen) atoms. The molecule has 8 heteroatoms. The van der Waals surface area contributed by atoms with Gasteiger partial charge in [0.1, 0.15) is 5.69 Å². The van der Waals surface area contributed by atoms with Crippen molar-refractivity contribution in [3.05, 3.63) is 24.2 Å². The van der Waals surface area contributed by atoms with Gasteiger partial charge in [-0.25, -0.2) is 4.98 Å². The molecule has 5 N–H and O–H groups in total. The van der Waals surface area contributed by atoms with Crippen molar-refractivity contribution in [3.8, 4) is 0 Å². The zero-order valence-corrected chi connectivity index (χ0v) is 13.4. The average Bonchev–Trinajstić information content (AvgIpc) is 3.04. The second-order valence-corrected chi connectivity index (χ2v) is 6.15. The molecule has 2 aromatic heterocycles. The summed E-state index contributed by atoms with van der Waals surface area (Å²) < 4.78 is 0. The third-order valence-corrected chi connectivity index (χ3v) is 4.36. The van der Waals surface area contributed by atoms with Crippen LogP contribution >= 0.6 is 0 Å². The molecule has 1 aliphatic rings. The van der Waals surface area contributed by atoms with E-state index in [-0.39, 0.29) is 23.9 Å². The first-order valence-corrected chi connectivity index (χ1v) is 8.25. The summed E-state index contributed by atoms with van der Waals surface area (Å²) >= 11 is 0. The van der Waals surface area contributed by atoms with Crippen LogP contribution in [0, 0.1) is 0 Å². The average molecular weight is 330 g/mol. The number of fused-ring (bicyclic) bond motifs is 1. The van der Waals surface area contributed by atoms with Crippen LogP contribution in [-0.2, 0) is 4.79 Å². The highest BCUT2D eigenvalue weighted by atomic mass is 16.2. The van der Waals surface area contributed by atoms with Crippen molar-refractivity contribution in [1.29, 1.82) is 0 Å². The Morgan fingerprint density at radius 2 is 1.88 bits per heavy atom. The first-order valence-electron chi connectivity index (χ1n) is 8.25. The highest BCUT2D eigenvalue weighted by Crippen LogP contribution is 2.19. The molecular weight excluding hydrogens is 308 g/mol. The highest BCUT2D eigenvalue weighted by molar-refractivity contribution is 5.95. The van der Waals surface area contributed by atoms with E-state index in [1.807, 2.05) is 0 Å². The van der Waals surface area contributed by atoms with Gasteiger partial charge in [0, 0.05) is 30.4 Å². The summed E-state index contributed by atoms with van der Waals surface area (Å²) in [6.45, 7) is 0.366. The van der Waals surface area contributed by atoms with Gasteiger partial charge < -0.3 is 16.4 Å². The van der Waals surface area contributed by atoms with Gasteiger partial charge in [-0.1, -0.05) is 0 Å². The highest BCUT2D eigenvalue weighted by Gasteiger charge is 2.24. The van der Waals surface area contributed by atoms with Crippen molar-refractivity contribution in [2.75, 3.05) is 6.54 Å². The lowest BCUT2D eigenvalue weighted by Gasteiger charge is -2.29. The molecule has 1 fully saturated rings. The Bertz CT molecular complexity index is 720. The number of pyridine rings is 1. The largest absolute Gasteiger partial charge is 0.353 e. The molecule has 0 bridgehead atoms. The van der Waals surface area contributed by atoms with Gasteiger partial charge in [-0.05, 0) is 31.7 Å². The Morgan fingerprint density at radius 1 is 1.17 bits per heavy atom. The van der Waals surface area contributed by atoms with Gasteiger partial charge in [0.15, 0.2) is 0 Å². The molecule has 0 radical (unpaired) electrons. The van der Waals surface area contributed by atoms with E-state index in [2.05, 4.69) is 25.8 Å². The van der Waals surface area contributed by atoms with Crippen molar-refractivity contribution in [3.63, 3.8) is 0 Å². The summed E-state index contributed by atoms with van der Waals surface area (Å²) in [7, 11) is 0. The zero-order valence-electron chi connectivity index (χ0n) is 13.4. The van der Waals surface area contributed by atoms with Crippen LogP contribution in [0.25, 0.3) is 10.9 Å². The Balaban J connectivity index is 1.50. The number of nitrogens with zero attached hydrogens (tertiary/aromatic N) is 2. The van der Waals surface area contributed by atoms with E-state index in [1.165, 1.54) is 0 Å². The molecule has 0 aromatic carbocycles. The molecular formula is C16H22N6O2. The van der Waals surface area contributed by atoms with E-state index in [9.17, 15) is 9.59 Å². The SMILES string of the molecule is NCCC(=O)NC1CCC(NC(=O)c2cc3cn[nH]c3cn2)CC1. The number of nitrogens with one attached hydrogen (secondary N) is 3. The monoisotopic (exact) mass is 330 g/mol. The number of carbonyl (C=O) groups is 2. The molecule has 0 unspecified atom stereocenters. The number of H-pyrrole nitrogens is 1. The van der Waals surface area contributed by atoms with Gasteiger partial charge in [-0.15, -0.1) is 0 Å². The molecule has 2 heterocycles. The van der Waals surface area contributed by atoms with Crippen LogP contribution in [0.1, 0.15) is 42.6 Å². The topological polar surface area (TPSA) is 126 Å². The van der Waals surface area contributed by atoms with E-state index in [4.69, 9.17) is 5.73 Å². The zero-order chi connectivity index (χ0) is 16.9. The summed E-state index contributed by atoms with van der Waals surface area (Å²) in [4.78, 5) is 28.1. The number of amides is 2. The minimum atomic E-state index is -0.172. The lowest BCUT2D eigenvalue weighted by Crippen LogP contribution is -2.44. The van der Waals surface area contributed by atoms with Crippen molar-refractivity contribution >= 4 is 22.7 Å². The fourth-order valence-electron chi connectivity index (χ4n) is 3.04. The Kier molecular flexibility index (Phi) is 5.05. The molecule has 0 atom stereocenters. The molecule has 0 aliphatic heterocycles. The lowest BCUT2D eigenvalue weighted by molar-refractivity contribution is -0.121. The molecule has 1 aliphatic carbocycles. The van der Waals surface area contributed by atoms with Gasteiger partial charge in [-0.2, -0.15) is 5.10 Å². The Morgan fingerprint density at radius 3 is 2.58 bits per heavy atom. The lowest BCUT2D eigenvalue weighted by atomic mass is 9.91. The normalized spacial score (nSPS) is 20.7. The smallest absolute Gasteiger partial charge is 0.270 e. The molecule has 0 spiro atoms. The van der Waals surface area contributed by atoms with Gasteiger partial charge in [0.05, 0.1) is 17.9 Å². The Hall–Kier alpha value is -2.48. The number of hydrogen-bond acceptors (Lipinski definition) is 5. The second-order valence-electron chi connectivity index (χ2n) is 6.15. The van der Waals surface area contributed by atoms with Crippen molar-refractivity contribution in [2.24, 2.45) is 5.73 Å². The maximum atomic E-state index is 12.3. The first-order chi connectivity index (χ1) is 11.7. The predicted molar refractivity (Wildman–Crippen MR) is 89.2 cm³/mol. The summed E-state index contributed by atoms with van der Waals surface area (Å²) in [5.74, 6) is -0.170. The fourth-order valence-corrected chi connectivity index (χ4v) is 3.04. The molecule has 0 saturated heterocycles. The van der Waals surface area contributed by atoms with Crippen molar-refractivity contribution in [1.82, 2.24) is 25.8 Å². The second kappa shape index (κ2) is 7.39. The number of hydrogen-bond donors (Lipinski definition) is 4. The fraction of sp³-hybridized carbons (Fsp3) is 0.500. The van der Waals surface area contributed by atoms with Crippen molar-refractivity contribution in [2.45, 2.75) is 44.2 Å². The van der Waals surface area contributed by atoms with Crippen LogP contribution in [-0.4, -0.2) is 45.6 Å². The van der Waals surface area contributed by atoms with Crippen LogP contribution in [0.2, 0.25) is 0 Å². The van der Waals surface area contributed by atoms with Gasteiger partial charge in [0.25, 0.3) is 5.91 Å². The van der Waals surface area contributed by atoms with Gasteiger partial charge in [0.2, 0.25) is 5.91 Å². The molecule has 1 saturated carbocycles. The number of aromatic amines is 1. The predicted octanol–water partition coefficient (Wildman–Crippen LogP) is 0.464. The third-order valence-electron chi connectivity index (χ3n) is 4.36. The van der Waals surface area contributed by atoms with E-state index in [0.29, 0.717) is 18.7 Å². The van der Waals surface area contributed by atoms with Crippen LogP contribution in [0.5, 0.6) is 0 Å². The number of nitrogens with two attached hydrogens (primary N) is 1. The van der Waals surface area contributed by atoms with Crippen LogP contribution in [0.15, 0.2) is 18.5 Å². The molecule has 2 aromatic rings. The maximum absolute atomic E-state index is 12.3. The minimum Gasteiger partial charge on any atom is -0.353 e. The minimum absolute atomic E-state index is 0.00241. The summed E-state index contributed by atoms with van der Waals surface area (Å²) in [6, 6.07) is 2.02. The molecule has 2 amide bonds. The molecule has 8 nitrogen and oxygen atoms in total. The summed E-state index contributed by atoms with van der Waals surface area (Å²) in [5.41, 5.74) is 6.57. The quantitative estimate of drug-likeness (QED) is 0.634. The van der Waals surface area contributed by atoms with E-state index >= 15 is 0 Å². The molecule has 3 rings (SSSR count). The van der Waals surface area contributed by atoms with Gasteiger partial charge in [-0.3, -0.25) is 14.7 Å². The van der Waals surface area contributed by atoms with E-state index in [1.54, 1.807) is 18.5 Å². The van der Waals surface area contributed by atoms with Crippen molar-refractivity contribution < 1.29 is 9.59 Å². The number of aromatic nitrogens is 3. The standard InChI is InChI=1S/C16H22N6O2/c17-6-5-15(23)20-11-1-3-12(4-2-11)21-16(24)13-7-10-8-19-22-14(10)9-18-13/h7-9,11-12H,1-6,17H2,(H,19,22)(H,20,23)(H,21,24). The van der Waals surface area contributed by atoms with Crippen LogP contribution in [0.3, 0.4) is 0 Å². The van der Waals surface area contributed by atoms with E-state index < -0.39 is 0 Å². The van der Waals surface area contributed by atoms with Crippen LogP contribution < -0.4 is 16.4 Å². The number of carbonyl (C=O) groups excluding carboxylic acids is 2. The maximum Gasteiger partial charge on any atom is 0.270 e. The number of rotatable bonds is 5. The third kappa shape index (κ3) is 3.88. The summed E-state index contributed by atoms with van der Waals surface area (Å²) in [5, 5.41) is 13.6. The summed E-state index contributed by atoms with van der Waals surface area (Å²) in [6.07, 6.45) is 7.04. The molecule has 128 valence electrons. The first kappa shape index (κ1) is 16.4. The van der Waals surface area contributed by atoms with Crippen LogP contribution in [0.4, 0.5) is 0 Å². The Labute approximate surface area is 139 Å². The van der Waals surface area contributed by atoms with Gasteiger partial charge >= 0.3 is 0 Å².